The highest BCUT2D eigenvalue weighted by Gasteiger charge is 2.26. The molecule has 0 aliphatic carbocycles. The summed E-state index contributed by atoms with van der Waals surface area (Å²) < 4.78 is 7.51. The van der Waals surface area contributed by atoms with Crippen LogP contribution in [0.15, 0.2) is 36.7 Å². The SMILES string of the molecule is CCC1COCCN1C(=O)NC(C)c1ccc(-n2ccnc2C)cc1. The fraction of sp³-hybridized carbons (Fsp3) is 0.474. The molecule has 3 rings (SSSR count). The number of aromatic nitrogens is 2. The molecule has 0 bridgehead atoms. The normalized spacial score (nSPS) is 18.8. The molecular weight excluding hydrogens is 316 g/mol. The standard InChI is InChI=1S/C19H26N4O2/c1-4-17-13-25-12-11-23(17)19(24)21-14(2)16-5-7-18(8-6-16)22-10-9-20-15(22)3/h5-10,14,17H,4,11-13H2,1-3H3,(H,21,24). The zero-order valence-electron chi connectivity index (χ0n) is 15.1. The average Bonchev–Trinajstić information content (AvgIpc) is 3.07. The molecule has 1 saturated heterocycles. The molecule has 1 aliphatic heterocycles. The van der Waals surface area contributed by atoms with Gasteiger partial charge in [0.15, 0.2) is 0 Å². The summed E-state index contributed by atoms with van der Waals surface area (Å²) in [5.41, 5.74) is 2.15. The van der Waals surface area contributed by atoms with E-state index in [1.54, 1.807) is 6.20 Å². The minimum atomic E-state index is -0.0502. The Morgan fingerprint density at radius 3 is 2.80 bits per heavy atom. The van der Waals surface area contributed by atoms with E-state index in [2.05, 4.69) is 41.5 Å². The third-order valence-electron chi connectivity index (χ3n) is 4.80. The van der Waals surface area contributed by atoms with Crippen LogP contribution in [0.25, 0.3) is 5.69 Å². The van der Waals surface area contributed by atoms with Crippen LogP contribution in [0.1, 0.15) is 37.7 Å². The van der Waals surface area contributed by atoms with E-state index in [1.807, 2.05) is 29.5 Å². The number of urea groups is 1. The molecule has 2 unspecified atom stereocenters. The van der Waals surface area contributed by atoms with Gasteiger partial charge in [-0.2, -0.15) is 0 Å². The second-order valence-electron chi connectivity index (χ2n) is 6.44. The van der Waals surface area contributed by atoms with Crippen molar-refractivity contribution in [2.24, 2.45) is 0 Å². The predicted octanol–water partition coefficient (Wildman–Crippen LogP) is 3.06. The van der Waals surface area contributed by atoms with Crippen LogP contribution in [0.2, 0.25) is 0 Å². The van der Waals surface area contributed by atoms with Gasteiger partial charge in [-0.3, -0.25) is 0 Å². The highest BCUT2D eigenvalue weighted by Crippen LogP contribution is 2.18. The number of carbonyl (C=O) groups excluding carboxylic acids is 1. The van der Waals surface area contributed by atoms with Gasteiger partial charge in [0.05, 0.1) is 25.3 Å². The lowest BCUT2D eigenvalue weighted by molar-refractivity contribution is 0.0108. The number of nitrogens with one attached hydrogen (secondary N) is 1. The summed E-state index contributed by atoms with van der Waals surface area (Å²) in [7, 11) is 0. The molecule has 6 nitrogen and oxygen atoms in total. The van der Waals surface area contributed by atoms with E-state index < -0.39 is 0 Å². The molecule has 134 valence electrons. The van der Waals surface area contributed by atoms with Crippen LogP contribution in [0.5, 0.6) is 0 Å². The number of nitrogens with zero attached hydrogens (tertiary/aromatic N) is 3. The first-order valence-corrected chi connectivity index (χ1v) is 8.85. The van der Waals surface area contributed by atoms with Crippen LogP contribution in [0.3, 0.4) is 0 Å². The first-order valence-electron chi connectivity index (χ1n) is 8.85. The van der Waals surface area contributed by atoms with Crippen molar-refractivity contribution in [1.29, 1.82) is 0 Å². The topological polar surface area (TPSA) is 59.4 Å². The molecule has 1 N–H and O–H groups in total. The maximum atomic E-state index is 12.6. The van der Waals surface area contributed by atoms with Crippen LogP contribution in [-0.4, -0.2) is 46.3 Å². The number of morpholine rings is 1. The van der Waals surface area contributed by atoms with Crippen molar-refractivity contribution in [3.63, 3.8) is 0 Å². The first kappa shape index (κ1) is 17.5. The number of benzene rings is 1. The molecular formula is C19H26N4O2. The van der Waals surface area contributed by atoms with Crippen LogP contribution in [-0.2, 0) is 4.74 Å². The van der Waals surface area contributed by atoms with Crippen molar-refractivity contribution in [2.45, 2.75) is 39.3 Å². The van der Waals surface area contributed by atoms with Gasteiger partial charge >= 0.3 is 6.03 Å². The highest BCUT2D eigenvalue weighted by molar-refractivity contribution is 5.75. The lowest BCUT2D eigenvalue weighted by Gasteiger charge is -2.35. The molecule has 25 heavy (non-hydrogen) atoms. The van der Waals surface area contributed by atoms with E-state index in [1.165, 1.54) is 0 Å². The van der Waals surface area contributed by atoms with Crippen molar-refractivity contribution in [3.8, 4) is 5.69 Å². The second kappa shape index (κ2) is 7.70. The molecule has 1 aliphatic rings. The van der Waals surface area contributed by atoms with Crippen LogP contribution in [0.4, 0.5) is 4.79 Å². The smallest absolute Gasteiger partial charge is 0.318 e. The number of ether oxygens (including phenoxy) is 1. The van der Waals surface area contributed by atoms with Gasteiger partial charge in [-0.25, -0.2) is 9.78 Å². The predicted molar refractivity (Wildman–Crippen MR) is 96.9 cm³/mol. The Labute approximate surface area is 148 Å². The molecule has 2 atom stereocenters. The van der Waals surface area contributed by atoms with Crippen molar-refractivity contribution in [1.82, 2.24) is 19.8 Å². The lowest BCUT2D eigenvalue weighted by Crippen LogP contribution is -2.52. The Bertz CT molecular complexity index is 710. The van der Waals surface area contributed by atoms with Gasteiger partial charge in [0.1, 0.15) is 5.82 Å². The fourth-order valence-electron chi connectivity index (χ4n) is 3.19. The van der Waals surface area contributed by atoms with E-state index in [-0.39, 0.29) is 18.1 Å². The van der Waals surface area contributed by atoms with Crippen LogP contribution >= 0.6 is 0 Å². The minimum Gasteiger partial charge on any atom is -0.377 e. The summed E-state index contributed by atoms with van der Waals surface area (Å²) in [5, 5.41) is 3.11. The molecule has 2 amide bonds. The van der Waals surface area contributed by atoms with E-state index in [0.29, 0.717) is 19.8 Å². The quantitative estimate of drug-likeness (QED) is 0.929. The molecule has 0 saturated carbocycles. The molecule has 6 heteroatoms. The van der Waals surface area contributed by atoms with Gasteiger partial charge in [-0.05, 0) is 38.0 Å². The second-order valence-corrected chi connectivity index (χ2v) is 6.44. The molecule has 0 spiro atoms. The van der Waals surface area contributed by atoms with Gasteiger partial charge in [0.25, 0.3) is 0 Å². The molecule has 0 radical (unpaired) electrons. The summed E-state index contributed by atoms with van der Waals surface area (Å²) in [5.74, 6) is 0.951. The van der Waals surface area contributed by atoms with Crippen molar-refractivity contribution in [3.05, 3.63) is 48.0 Å². The van der Waals surface area contributed by atoms with Gasteiger partial charge in [-0.1, -0.05) is 19.1 Å². The number of imidazole rings is 1. The summed E-state index contributed by atoms with van der Waals surface area (Å²) in [6.07, 6.45) is 4.64. The maximum absolute atomic E-state index is 12.6. The van der Waals surface area contributed by atoms with Crippen molar-refractivity contribution in [2.75, 3.05) is 19.8 Å². The summed E-state index contributed by atoms with van der Waals surface area (Å²) in [6, 6.07) is 8.30. The number of amides is 2. The minimum absolute atomic E-state index is 0.0165. The molecule has 2 heterocycles. The zero-order valence-corrected chi connectivity index (χ0v) is 15.1. The van der Waals surface area contributed by atoms with Crippen LogP contribution in [0, 0.1) is 6.92 Å². The third-order valence-corrected chi connectivity index (χ3v) is 4.80. The molecule has 1 aromatic heterocycles. The first-order chi connectivity index (χ1) is 12.1. The molecule has 1 fully saturated rings. The average molecular weight is 342 g/mol. The summed E-state index contributed by atoms with van der Waals surface area (Å²) >= 11 is 0. The molecule has 2 aromatic rings. The highest BCUT2D eigenvalue weighted by atomic mass is 16.5. The largest absolute Gasteiger partial charge is 0.377 e. The van der Waals surface area contributed by atoms with E-state index in [9.17, 15) is 4.79 Å². The van der Waals surface area contributed by atoms with Gasteiger partial charge in [-0.15, -0.1) is 0 Å². The number of hydrogen-bond donors (Lipinski definition) is 1. The van der Waals surface area contributed by atoms with Gasteiger partial charge in [0, 0.05) is 24.6 Å². The monoisotopic (exact) mass is 342 g/mol. The number of rotatable bonds is 4. The van der Waals surface area contributed by atoms with Crippen molar-refractivity contribution >= 4 is 6.03 Å². The van der Waals surface area contributed by atoms with E-state index >= 15 is 0 Å². The number of carbonyl (C=O) groups is 1. The van der Waals surface area contributed by atoms with Crippen molar-refractivity contribution < 1.29 is 9.53 Å². The summed E-state index contributed by atoms with van der Waals surface area (Å²) in [4.78, 5) is 18.7. The Hall–Kier alpha value is -2.34. The zero-order chi connectivity index (χ0) is 17.8. The Kier molecular flexibility index (Phi) is 5.38. The third kappa shape index (κ3) is 3.85. The number of hydrogen-bond acceptors (Lipinski definition) is 3. The van der Waals surface area contributed by atoms with E-state index in [0.717, 1.165) is 23.5 Å². The Morgan fingerprint density at radius 1 is 1.40 bits per heavy atom. The fourth-order valence-corrected chi connectivity index (χ4v) is 3.19. The Balaban J connectivity index is 1.65. The lowest BCUT2D eigenvalue weighted by atomic mass is 10.1. The van der Waals surface area contributed by atoms with E-state index in [4.69, 9.17) is 4.74 Å². The van der Waals surface area contributed by atoms with Crippen LogP contribution < -0.4 is 5.32 Å². The molecule has 1 aromatic carbocycles. The maximum Gasteiger partial charge on any atom is 0.318 e. The van der Waals surface area contributed by atoms with Gasteiger partial charge in [0.2, 0.25) is 0 Å². The van der Waals surface area contributed by atoms with Gasteiger partial charge < -0.3 is 19.5 Å². The summed E-state index contributed by atoms with van der Waals surface area (Å²) in [6.45, 7) is 7.95. The number of aryl methyl sites for hydroxylation is 1. The Morgan fingerprint density at radius 2 is 2.16 bits per heavy atom.